The maximum absolute atomic E-state index is 11.3. The lowest BCUT2D eigenvalue weighted by molar-refractivity contribution is 0.590. The van der Waals surface area contributed by atoms with Gasteiger partial charge in [0.1, 0.15) is 11.3 Å². The minimum atomic E-state index is 0.0970. The summed E-state index contributed by atoms with van der Waals surface area (Å²) in [6.45, 7) is 8.47. The monoisotopic (exact) mass is 293 g/mol. The van der Waals surface area contributed by atoms with Gasteiger partial charge >= 0.3 is 0 Å². The normalized spacial score (nSPS) is 11.8. The highest BCUT2D eigenvalue weighted by Crippen LogP contribution is 2.33. The van der Waals surface area contributed by atoms with Gasteiger partial charge in [-0.05, 0) is 35.2 Å². The average Bonchev–Trinajstić information content (AvgIpc) is 2.86. The van der Waals surface area contributed by atoms with Crippen LogP contribution in [0.4, 0.5) is 5.82 Å². The van der Waals surface area contributed by atoms with Crippen LogP contribution in [0.25, 0.3) is 16.9 Å². The van der Waals surface area contributed by atoms with E-state index in [1.165, 1.54) is 5.56 Å². The first-order valence-corrected chi connectivity index (χ1v) is 7.34. The maximum atomic E-state index is 11.3. The van der Waals surface area contributed by atoms with Gasteiger partial charge in [0, 0.05) is 11.3 Å². The van der Waals surface area contributed by atoms with Gasteiger partial charge in [-0.2, -0.15) is 0 Å². The van der Waals surface area contributed by atoms with Gasteiger partial charge in [-0.15, -0.1) is 4.91 Å². The van der Waals surface area contributed by atoms with Crippen LogP contribution >= 0.6 is 0 Å². The second-order valence-corrected chi connectivity index (χ2v) is 6.56. The van der Waals surface area contributed by atoms with Crippen molar-refractivity contribution in [3.63, 3.8) is 0 Å². The number of benzene rings is 1. The molecule has 0 aliphatic rings. The average molecular weight is 293 g/mol. The van der Waals surface area contributed by atoms with E-state index in [-0.39, 0.29) is 5.41 Å². The van der Waals surface area contributed by atoms with Crippen molar-refractivity contribution in [1.29, 1.82) is 0 Å². The molecule has 4 nitrogen and oxygen atoms in total. The summed E-state index contributed by atoms with van der Waals surface area (Å²) in [6, 6.07) is 13.9. The zero-order valence-corrected chi connectivity index (χ0v) is 13.3. The SMILES string of the molecule is Cc1cccc2nc(-c3ccc(C(C)(C)C)cc3)c(N=O)n12. The summed E-state index contributed by atoms with van der Waals surface area (Å²) in [5.41, 5.74) is 4.56. The summed E-state index contributed by atoms with van der Waals surface area (Å²) >= 11 is 0. The first-order valence-electron chi connectivity index (χ1n) is 7.34. The van der Waals surface area contributed by atoms with Crippen LogP contribution in [0.15, 0.2) is 47.6 Å². The number of fused-ring (bicyclic) bond motifs is 1. The molecule has 0 unspecified atom stereocenters. The number of hydrogen-bond donors (Lipinski definition) is 0. The molecule has 0 saturated carbocycles. The van der Waals surface area contributed by atoms with E-state index in [0.29, 0.717) is 11.5 Å². The summed E-state index contributed by atoms with van der Waals surface area (Å²) in [5.74, 6) is 0.358. The number of hydrogen-bond acceptors (Lipinski definition) is 3. The highest BCUT2D eigenvalue weighted by atomic mass is 16.3. The molecule has 2 heterocycles. The van der Waals surface area contributed by atoms with E-state index in [9.17, 15) is 4.91 Å². The van der Waals surface area contributed by atoms with Gasteiger partial charge in [-0.3, -0.25) is 4.40 Å². The van der Waals surface area contributed by atoms with Crippen LogP contribution in [0.5, 0.6) is 0 Å². The number of rotatable bonds is 2. The Balaban J connectivity index is 2.18. The Hall–Kier alpha value is -2.49. The Morgan fingerprint density at radius 1 is 1.05 bits per heavy atom. The van der Waals surface area contributed by atoms with E-state index in [1.54, 1.807) is 4.40 Å². The van der Waals surface area contributed by atoms with E-state index in [4.69, 9.17) is 0 Å². The first-order chi connectivity index (χ1) is 10.4. The predicted octanol–water partition coefficient (Wildman–Crippen LogP) is 5.01. The third kappa shape index (κ3) is 2.30. The molecule has 2 aromatic heterocycles. The lowest BCUT2D eigenvalue weighted by Gasteiger charge is -2.18. The predicted molar refractivity (Wildman–Crippen MR) is 89.5 cm³/mol. The lowest BCUT2D eigenvalue weighted by Crippen LogP contribution is -2.10. The second kappa shape index (κ2) is 5.05. The van der Waals surface area contributed by atoms with Gasteiger partial charge in [0.05, 0.1) is 0 Å². The molecule has 0 bridgehead atoms. The van der Waals surface area contributed by atoms with Crippen LogP contribution < -0.4 is 0 Å². The van der Waals surface area contributed by atoms with Gasteiger partial charge in [-0.25, -0.2) is 4.98 Å². The van der Waals surface area contributed by atoms with Crippen LogP contribution in [0.3, 0.4) is 0 Å². The van der Waals surface area contributed by atoms with E-state index < -0.39 is 0 Å². The number of nitrogens with zero attached hydrogens (tertiary/aromatic N) is 3. The van der Waals surface area contributed by atoms with Crippen molar-refractivity contribution in [2.75, 3.05) is 0 Å². The van der Waals surface area contributed by atoms with Crippen molar-refractivity contribution in [1.82, 2.24) is 9.38 Å². The Bertz CT molecular complexity index is 839. The molecule has 0 aliphatic heterocycles. The molecule has 4 heteroatoms. The second-order valence-electron chi connectivity index (χ2n) is 6.56. The smallest absolute Gasteiger partial charge is 0.209 e. The van der Waals surface area contributed by atoms with Gasteiger partial charge in [0.15, 0.2) is 0 Å². The quantitative estimate of drug-likeness (QED) is 0.624. The number of pyridine rings is 1. The van der Waals surface area contributed by atoms with Crippen molar-refractivity contribution in [3.8, 4) is 11.3 Å². The van der Waals surface area contributed by atoms with Gasteiger partial charge in [-0.1, -0.05) is 51.1 Å². The Morgan fingerprint density at radius 2 is 1.73 bits per heavy atom. The number of imidazole rings is 1. The third-order valence-electron chi connectivity index (χ3n) is 3.93. The Morgan fingerprint density at radius 3 is 2.32 bits per heavy atom. The minimum absolute atomic E-state index is 0.0970. The van der Waals surface area contributed by atoms with Crippen LogP contribution in [-0.4, -0.2) is 9.38 Å². The Kier molecular flexibility index (Phi) is 3.32. The van der Waals surface area contributed by atoms with E-state index in [1.807, 2.05) is 37.3 Å². The van der Waals surface area contributed by atoms with Crippen molar-refractivity contribution in [2.24, 2.45) is 5.18 Å². The standard InChI is InChI=1S/C18H19N3O/c1-12-6-5-7-15-19-16(17(20-22)21(12)15)13-8-10-14(11-9-13)18(2,3)4/h5-11H,1-4H3. The van der Waals surface area contributed by atoms with Gasteiger partial charge < -0.3 is 0 Å². The molecule has 0 aliphatic carbocycles. The van der Waals surface area contributed by atoms with Gasteiger partial charge in [0.2, 0.25) is 5.82 Å². The molecule has 112 valence electrons. The third-order valence-corrected chi connectivity index (χ3v) is 3.93. The van der Waals surface area contributed by atoms with Crippen molar-refractivity contribution >= 4 is 11.5 Å². The topological polar surface area (TPSA) is 46.7 Å². The Labute approximate surface area is 129 Å². The first kappa shape index (κ1) is 14.4. The molecule has 0 spiro atoms. The summed E-state index contributed by atoms with van der Waals surface area (Å²) in [7, 11) is 0. The van der Waals surface area contributed by atoms with E-state index in [2.05, 4.69) is 43.1 Å². The minimum Gasteiger partial charge on any atom is -0.278 e. The number of nitroso groups, excluding NO2 is 1. The molecule has 0 amide bonds. The van der Waals surface area contributed by atoms with Crippen LogP contribution in [0.1, 0.15) is 32.0 Å². The molecule has 0 radical (unpaired) electrons. The highest BCUT2D eigenvalue weighted by molar-refractivity contribution is 5.75. The van der Waals surface area contributed by atoms with Crippen molar-refractivity contribution < 1.29 is 0 Å². The molecule has 0 N–H and O–H groups in total. The number of aromatic nitrogens is 2. The molecule has 1 aromatic carbocycles. The summed E-state index contributed by atoms with van der Waals surface area (Å²) in [5, 5.41) is 3.22. The molecule has 0 fully saturated rings. The van der Waals surface area contributed by atoms with Gasteiger partial charge in [0.25, 0.3) is 0 Å². The molecule has 0 saturated heterocycles. The summed E-state index contributed by atoms with van der Waals surface area (Å²) in [4.78, 5) is 15.9. The number of aryl methyl sites for hydroxylation is 1. The zero-order chi connectivity index (χ0) is 15.9. The van der Waals surface area contributed by atoms with Crippen LogP contribution in [0, 0.1) is 11.8 Å². The van der Waals surface area contributed by atoms with Crippen molar-refractivity contribution in [3.05, 3.63) is 58.6 Å². The molecular weight excluding hydrogens is 274 g/mol. The van der Waals surface area contributed by atoms with Crippen LogP contribution in [-0.2, 0) is 5.41 Å². The van der Waals surface area contributed by atoms with Crippen LogP contribution in [0.2, 0.25) is 0 Å². The summed E-state index contributed by atoms with van der Waals surface area (Å²) in [6.07, 6.45) is 0. The molecule has 3 aromatic rings. The lowest BCUT2D eigenvalue weighted by atomic mass is 9.86. The van der Waals surface area contributed by atoms with E-state index >= 15 is 0 Å². The molecule has 3 rings (SSSR count). The zero-order valence-electron chi connectivity index (χ0n) is 13.3. The molecular formula is C18H19N3O. The highest BCUT2D eigenvalue weighted by Gasteiger charge is 2.18. The fraction of sp³-hybridized carbons (Fsp3) is 0.278. The molecule has 22 heavy (non-hydrogen) atoms. The largest absolute Gasteiger partial charge is 0.278 e. The van der Waals surface area contributed by atoms with Crippen molar-refractivity contribution in [2.45, 2.75) is 33.1 Å². The van der Waals surface area contributed by atoms with E-state index in [0.717, 1.165) is 16.9 Å². The summed E-state index contributed by atoms with van der Waals surface area (Å²) < 4.78 is 1.79. The molecule has 0 atom stereocenters. The fourth-order valence-electron chi connectivity index (χ4n) is 2.64. The maximum Gasteiger partial charge on any atom is 0.209 e. The fourth-order valence-corrected chi connectivity index (χ4v) is 2.64.